The van der Waals surface area contributed by atoms with Crippen molar-refractivity contribution < 1.29 is 0 Å². The molecule has 20 aromatic carbocycles. The fourth-order valence-electron chi connectivity index (χ4n) is 22.1. The molecule has 0 spiro atoms. The third-order valence-corrected chi connectivity index (χ3v) is 33.1. The van der Waals surface area contributed by atoms with E-state index in [1.165, 1.54) is 175 Å². The number of hydrogen-bond donors (Lipinski definition) is 0. The second-order valence-electron chi connectivity index (χ2n) is 37.0. The third kappa shape index (κ3) is 14.1. The van der Waals surface area contributed by atoms with Crippen molar-refractivity contribution in [2.75, 3.05) is 0 Å². The molecule has 0 radical (unpaired) electrons. The molecule has 0 aliphatic rings. The lowest BCUT2D eigenvalue weighted by atomic mass is 9.94. The summed E-state index contributed by atoms with van der Waals surface area (Å²) in [7, 11) is 0. The highest BCUT2D eigenvalue weighted by Gasteiger charge is 2.27. The number of fused-ring (bicyclic) bond motifs is 25. The number of hydrogen-bond acceptors (Lipinski definition) is 10. The molecule has 13 heteroatoms. The van der Waals surface area contributed by atoms with Gasteiger partial charge in [0, 0.05) is 170 Å². The Balaban J connectivity index is 0.000000103. The van der Waals surface area contributed by atoms with Crippen LogP contribution in [0.3, 0.4) is 0 Å². The predicted octanol–water partition coefficient (Wildman–Crippen LogP) is 37.0. The van der Waals surface area contributed by atoms with E-state index >= 15 is 0 Å². The molecule has 0 unspecified atom stereocenters. The molecule has 676 valence electrons. The lowest BCUT2D eigenvalue weighted by Gasteiger charge is -2.13. The minimum atomic E-state index is 0.734. The molecule has 0 aliphatic carbocycles. The van der Waals surface area contributed by atoms with Crippen LogP contribution < -0.4 is 0 Å². The van der Waals surface area contributed by atoms with Gasteiger partial charge in [-0.3, -0.25) is 4.98 Å². The lowest BCUT2D eigenvalue weighted by molar-refractivity contribution is 1.18. The Hall–Kier alpha value is -18.1. The van der Waals surface area contributed by atoms with Gasteiger partial charge in [0.05, 0.1) is 76.9 Å². The van der Waals surface area contributed by atoms with E-state index < -0.39 is 0 Å². The van der Waals surface area contributed by atoms with E-state index in [0.29, 0.717) is 0 Å². The Labute approximate surface area is 847 Å². The number of pyridine rings is 2. The van der Waals surface area contributed by atoms with Crippen LogP contribution in [0.25, 0.3) is 286 Å². The standard InChI is InChI=1S/C46H27N3S2.C44H27N3S.C42H25N3S/c1-3-13-28(14-4-1)43-45-44(34-19-9-12-22-40(34)51-45)48-46(47-43)30-26-35(42-33-18-8-11-21-39(33)50-41(42)27-30)29-23-24-38-36(25-29)32-17-7-10-20-37(32)49(38)31-15-5-2-6-16-31;1-3-13-28(14-4-1)44-45-37-20-10-7-18-33(37)43(46-44)30-26-35(42-34-19-9-12-22-40(34)48-41(42)27-30)29-23-24-39-36(25-29)32-17-8-11-21-38(32)47(39)31-15-5-2-6-16-31;1-2-10-30(11-3-1)45-36-14-6-4-12-31(36)34-23-28(19-21-37(34)45)33-24-29(25-39-40(33)32-13-5-7-15-38(32)46-39)35-20-18-27-17-16-26-9-8-22-43-41(26)42(27)44-35/h1-27H;1-27H;1-25H. The quantitative estimate of drug-likeness (QED) is 0.120. The minimum absolute atomic E-state index is 0.734. The van der Waals surface area contributed by atoms with E-state index in [9.17, 15) is 0 Å². The van der Waals surface area contributed by atoms with Crippen LogP contribution in [0, 0.1) is 0 Å². The Kier molecular flexibility index (Phi) is 19.9. The largest absolute Gasteiger partial charge is 0.309 e. The van der Waals surface area contributed by atoms with E-state index in [-0.39, 0.29) is 0 Å². The van der Waals surface area contributed by atoms with Crippen molar-refractivity contribution in [1.29, 1.82) is 0 Å². The van der Waals surface area contributed by atoms with Crippen LogP contribution in [0.1, 0.15) is 0 Å². The zero-order valence-corrected chi connectivity index (χ0v) is 81.0. The first-order valence-corrected chi connectivity index (χ1v) is 52.0. The van der Waals surface area contributed by atoms with Gasteiger partial charge in [0.15, 0.2) is 11.6 Å². The molecular weight excluding hydrogens is 1840 g/mol. The van der Waals surface area contributed by atoms with Crippen molar-refractivity contribution in [3.05, 3.63) is 479 Å². The highest BCUT2D eigenvalue weighted by Crippen LogP contribution is 2.51. The van der Waals surface area contributed by atoms with Gasteiger partial charge < -0.3 is 13.7 Å². The topological polar surface area (TPSA) is 92.1 Å². The average Bonchev–Trinajstić information content (AvgIpc) is 1.59. The van der Waals surface area contributed by atoms with Crippen molar-refractivity contribution in [3.8, 4) is 107 Å². The molecule has 31 aromatic rings. The fourth-order valence-corrected chi connectivity index (χ4v) is 26.7. The summed E-state index contributed by atoms with van der Waals surface area (Å²) in [5, 5.41) is 19.6. The molecular formula is C132H79N9S4. The van der Waals surface area contributed by atoms with E-state index in [4.69, 9.17) is 29.9 Å². The van der Waals surface area contributed by atoms with Crippen molar-refractivity contribution in [2.24, 2.45) is 0 Å². The van der Waals surface area contributed by atoms with Gasteiger partial charge in [0.1, 0.15) is 0 Å². The van der Waals surface area contributed by atoms with Gasteiger partial charge in [-0.1, -0.05) is 303 Å². The maximum atomic E-state index is 5.36. The first-order chi connectivity index (χ1) is 71.9. The molecule has 0 saturated carbocycles. The highest BCUT2D eigenvalue weighted by molar-refractivity contribution is 7.27. The molecule has 31 rings (SSSR count). The SMILES string of the molecule is c1ccc(-c2nc(-c3cc(-c4ccc5c(c4)c4ccccc4n5-c4ccccc4)c4c(c3)sc3ccccc34)c3ccccc3n2)cc1.c1ccc(-c2nc(-c3cc(-c4ccc5c(c4)c4ccccc4n5-c4ccccc4)c4c(c3)sc3ccccc34)nc3c2sc2ccccc23)cc1.c1ccc(-n2c3ccccc3c3cc(-c4cc(-c5ccc6ccc7cccnc7c6n5)cc5sc6ccccc6c45)ccc32)cc1. The van der Waals surface area contributed by atoms with E-state index in [1.807, 2.05) is 64.5 Å². The first kappa shape index (κ1) is 83.9. The monoisotopic (exact) mass is 1920 g/mol. The molecule has 11 aromatic heterocycles. The second kappa shape index (κ2) is 34.4. The van der Waals surface area contributed by atoms with Gasteiger partial charge in [-0.15, -0.1) is 45.3 Å². The molecule has 0 N–H and O–H groups in total. The number of rotatable bonds is 11. The van der Waals surface area contributed by atoms with Crippen LogP contribution in [-0.2, 0) is 0 Å². The summed E-state index contributed by atoms with van der Waals surface area (Å²) in [6.45, 7) is 0. The van der Waals surface area contributed by atoms with Crippen molar-refractivity contribution in [2.45, 2.75) is 0 Å². The summed E-state index contributed by atoms with van der Waals surface area (Å²) >= 11 is 7.30. The number of benzene rings is 20. The molecule has 0 amide bonds. The summed E-state index contributed by atoms with van der Waals surface area (Å²) in [5.41, 5.74) is 29.9. The normalized spacial score (nSPS) is 11.9. The van der Waals surface area contributed by atoms with Crippen LogP contribution in [-0.4, -0.2) is 43.6 Å². The lowest BCUT2D eigenvalue weighted by Crippen LogP contribution is -1.95. The first-order valence-electron chi connectivity index (χ1n) is 48.7. The number of para-hydroxylation sites is 7. The molecule has 0 aliphatic heterocycles. The maximum Gasteiger partial charge on any atom is 0.160 e. The maximum absolute atomic E-state index is 5.36. The molecule has 11 heterocycles. The van der Waals surface area contributed by atoms with E-state index in [0.717, 1.165) is 111 Å². The van der Waals surface area contributed by atoms with Crippen LogP contribution in [0.2, 0.25) is 0 Å². The van der Waals surface area contributed by atoms with Crippen LogP contribution in [0.15, 0.2) is 479 Å². The van der Waals surface area contributed by atoms with Crippen molar-refractivity contribution >= 4 is 224 Å². The molecule has 145 heavy (non-hydrogen) atoms. The van der Waals surface area contributed by atoms with Gasteiger partial charge in [0.2, 0.25) is 0 Å². The third-order valence-electron chi connectivity index (χ3n) is 28.6. The average molecular weight is 1920 g/mol. The van der Waals surface area contributed by atoms with Crippen LogP contribution in [0.5, 0.6) is 0 Å². The summed E-state index contributed by atoms with van der Waals surface area (Å²) in [6.07, 6.45) is 1.85. The van der Waals surface area contributed by atoms with Crippen molar-refractivity contribution in [3.63, 3.8) is 0 Å². The van der Waals surface area contributed by atoms with Gasteiger partial charge in [-0.05, 0) is 203 Å². The Bertz CT molecular complexity index is 10700. The highest BCUT2D eigenvalue weighted by atomic mass is 32.1. The number of nitrogens with zero attached hydrogens (tertiary/aromatic N) is 9. The number of aromatic nitrogens is 9. The Morgan fingerprint density at radius 3 is 1.05 bits per heavy atom. The van der Waals surface area contributed by atoms with Gasteiger partial charge in [-0.25, -0.2) is 24.9 Å². The van der Waals surface area contributed by atoms with Gasteiger partial charge in [-0.2, -0.15) is 0 Å². The minimum Gasteiger partial charge on any atom is -0.309 e. The summed E-state index contributed by atoms with van der Waals surface area (Å²) in [6, 6.07) is 170. The zero-order valence-electron chi connectivity index (χ0n) is 77.8. The van der Waals surface area contributed by atoms with Crippen molar-refractivity contribution in [1.82, 2.24) is 43.6 Å². The number of thiophene rings is 4. The smallest absolute Gasteiger partial charge is 0.160 e. The second-order valence-corrected chi connectivity index (χ2v) is 41.3. The van der Waals surface area contributed by atoms with Gasteiger partial charge >= 0.3 is 0 Å². The fraction of sp³-hybridized carbons (Fsp3) is 0. The molecule has 0 atom stereocenters. The van der Waals surface area contributed by atoms with E-state index in [2.05, 4.69) is 463 Å². The summed E-state index contributed by atoms with van der Waals surface area (Å²) in [5.74, 6) is 1.48. The predicted molar refractivity (Wildman–Crippen MR) is 617 cm³/mol. The Morgan fingerprint density at radius 2 is 0.552 bits per heavy atom. The summed E-state index contributed by atoms with van der Waals surface area (Å²) < 4.78 is 17.1. The molecule has 0 bridgehead atoms. The molecule has 9 nitrogen and oxygen atoms in total. The zero-order chi connectivity index (χ0) is 95.3. The van der Waals surface area contributed by atoms with Crippen LogP contribution >= 0.6 is 45.3 Å². The Morgan fingerprint density at radius 1 is 0.186 bits per heavy atom. The summed E-state index contributed by atoms with van der Waals surface area (Å²) in [4.78, 5) is 30.9. The van der Waals surface area contributed by atoms with Crippen LogP contribution in [0.4, 0.5) is 0 Å². The van der Waals surface area contributed by atoms with Gasteiger partial charge in [0.25, 0.3) is 0 Å². The van der Waals surface area contributed by atoms with E-state index in [1.54, 1.807) is 11.3 Å². The molecule has 0 fully saturated rings. The molecule has 0 saturated heterocycles.